The van der Waals surface area contributed by atoms with Gasteiger partial charge in [-0.3, -0.25) is 0 Å². The molecule has 0 saturated heterocycles. The van der Waals surface area contributed by atoms with E-state index in [4.69, 9.17) is 0 Å². The highest BCUT2D eigenvalue weighted by Gasteiger charge is 2.01. The molecular weight excluding hydrogens is 178 g/mol. The molecule has 1 rings (SSSR count). The Morgan fingerprint density at radius 1 is 1.31 bits per heavy atom. The van der Waals surface area contributed by atoms with Crippen molar-refractivity contribution in [1.29, 1.82) is 0 Å². The Balaban J connectivity index is 2.64. The van der Waals surface area contributed by atoms with Gasteiger partial charge in [0.15, 0.2) is 0 Å². The third-order valence-corrected chi connectivity index (χ3v) is 3.23. The van der Waals surface area contributed by atoms with Crippen LogP contribution in [0.2, 0.25) is 0 Å². The number of rotatable bonds is 4. The first kappa shape index (κ1) is 10.5. The van der Waals surface area contributed by atoms with E-state index in [1.807, 2.05) is 18.8 Å². The second-order valence-electron chi connectivity index (χ2n) is 3.45. The number of anilines is 1. The molecule has 0 unspecified atom stereocenters. The molecule has 1 nitrogen and oxygen atoms in total. The monoisotopic (exact) mass is 195 g/mol. The Morgan fingerprint density at radius 2 is 2.00 bits per heavy atom. The van der Waals surface area contributed by atoms with E-state index in [-0.39, 0.29) is 0 Å². The summed E-state index contributed by atoms with van der Waals surface area (Å²) in [5.41, 5.74) is 1.23. The van der Waals surface area contributed by atoms with Crippen molar-refractivity contribution >= 4 is 17.4 Å². The van der Waals surface area contributed by atoms with E-state index in [1.54, 1.807) is 0 Å². The van der Waals surface area contributed by atoms with E-state index in [2.05, 4.69) is 43.4 Å². The lowest BCUT2D eigenvalue weighted by molar-refractivity contribution is 0.750. The van der Waals surface area contributed by atoms with Crippen LogP contribution in [0.25, 0.3) is 0 Å². The fraction of sp³-hybridized carbons (Fsp3) is 0.455. The van der Waals surface area contributed by atoms with Gasteiger partial charge in [0.25, 0.3) is 0 Å². The predicted molar refractivity (Wildman–Crippen MR) is 61.6 cm³/mol. The maximum Gasteiger partial charge on any atom is 0.0475 e. The maximum absolute atomic E-state index is 3.20. The topological polar surface area (TPSA) is 12.0 Å². The molecule has 0 fully saturated rings. The summed E-state index contributed by atoms with van der Waals surface area (Å²) in [5.74, 6) is 1.92. The van der Waals surface area contributed by atoms with E-state index in [0.717, 1.165) is 5.92 Å². The average Bonchev–Trinajstić information content (AvgIpc) is 2.15. The van der Waals surface area contributed by atoms with Crippen molar-refractivity contribution in [2.45, 2.75) is 18.7 Å². The van der Waals surface area contributed by atoms with Gasteiger partial charge in [0, 0.05) is 23.4 Å². The average molecular weight is 195 g/mol. The minimum Gasteiger partial charge on any atom is -0.387 e. The summed E-state index contributed by atoms with van der Waals surface area (Å²) in [6.45, 7) is 4.49. The second kappa shape index (κ2) is 5.18. The molecule has 1 aromatic carbocycles. The predicted octanol–water partition coefficient (Wildman–Crippen LogP) is 3.48. The van der Waals surface area contributed by atoms with E-state index in [0.29, 0.717) is 0 Å². The lowest BCUT2D eigenvalue weighted by Gasteiger charge is -2.09. The Bertz CT molecular complexity index is 258. The fourth-order valence-corrected chi connectivity index (χ4v) is 2.07. The molecule has 1 N–H and O–H groups in total. The first-order chi connectivity index (χ1) is 6.24. The molecule has 13 heavy (non-hydrogen) atoms. The van der Waals surface area contributed by atoms with Gasteiger partial charge in [-0.1, -0.05) is 26.0 Å². The molecule has 0 radical (unpaired) electrons. The van der Waals surface area contributed by atoms with Crippen LogP contribution in [0.3, 0.4) is 0 Å². The Kier molecular flexibility index (Phi) is 4.16. The minimum atomic E-state index is 0.745. The van der Waals surface area contributed by atoms with E-state index in [9.17, 15) is 0 Å². The molecule has 0 bridgehead atoms. The lowest BCUT2D eigenvalue weighted by Crippen LogP contribution is -1.94. The van der Waals surface area contributed by atoms with Crippen molar-refractivity contribution in [3.05, 3.63) is 24.3 Å². The van der Waals surface area contributed by atoms with Crippen LogP contribution < -0.4 is 5.32 Å². The zero-order valence-corrected chi connectivity index (χ0v) is 9.32. The molecule has 2 heteroatoms. The summed E-state index contributed by atoms with van der Waals surface area (Å²) >= 11 is 1.92. The summed E-state index contributed by atoms with van der Waals surface area (Å²) in [4.78, 5) is 1.35. The standard InChI is InChI=1S/C11H17NS/c1-9(2)8-13-11-7-5-4-6-10(11)12-3/h4-7,9,12H,8H2,1-3H3. The third kappa shape index (κ3) is 3.31. The summed E-state index contributed by atoms with van der Waals surface area (Å²) < 4.78 is 0. The summed E-state index contributed by atoms with van der Waals surface area (Å²) in [6.07, 6.45) is 0. The smallest absolute Gasteiger partial charge is 0.0475 e. The molecular formula is C11H17NS. The Labute approximate surface area is 84.9 Å². The molecule has 0 amide bonds. The van der Waals surface area contributed by atoms with Gasteiger partial charge in [-0.05, 0) is 18.1 Å². The van der Waals surface area contributed by atoms with E-state index in [1.165, 1.54) is 16.3 Å². The lowest BCUT2D eigenvalue weighted by atomic mass is 10.3. The second-order valence-corrected chi connectivity index (χ2v) is 4.51. The maximum atomic E-state index is 3.20. The van der Waals surface area contributed by atoms with Crippen molar-refractivity contribution < 1.29 is 0 Å². The van der Waals surface area contributed by atoms with Crippen molar-refractivity contribution in [1.82, 2.24) is 0 Å². The fourth-order valence-electron chi connectivity index (χ4n) is 1.06. The Hall–Kier alpha value is -0.630. The number of hydrogen-bond acceptors (Lipinski definition) is 2. The Morgan fingerprint density at radius 3 is 2.62 bits per heavy atom. The number of hydrogen-bond donors (Lipinski definition) is 1. The first-order valence-electron chi connectivity index (χ1n) is 4.63. The molecule has 0 aliphatic carbocycles. The third-order valence-electron chi connectivity index (χ3n) is 1.73. The minimum absolute atomic E-state index is 0.745. The molecule has 0 saturated carbocycles. The zero-order chi connectivity index (χ0) is 9.68. The molecule has 0 aromatic heterocycles. The number of thioether (sulfide) groups is 1. The highest BCUT2D eigenvalue weighted by Crippen LogP contribution is 2.27. The van der Waals surface area contributed by atoms with Crippen LogP contribution in [-0.2, 0) is 0 Å². The van der Waals surface area contributed by atoms with Gasteiger partial charge in [0.05, 0.1) is 0 Å². The molecule has 1 aromatic rings. The van der Waals surface area contributed by atoms with Crippen LogP contribution >= 0.6 is 11.8 Å². The number of benzene rings is 1. The van der Waals surface area contributed by atoms with Gasteiger partial charge in [-0.15, -0.1) is 11.8 Å². The quantitative estimate of drug-likeness (QED) is 0.738. The van der Waals surface area contributed by atoms with E-state index >= 15 is 0 Å². The normalized spacial score (nSPS) is 10.5. The molecule has 0 atom stereocenters. The molecule has 0 aliphatic heterocycles. The van der Waals surface area contributed by atoms with Gasteiger partial charge in [-0.25, -0.2) is 0 Å². The van der Waals surface area contributed by atoms with Crippen molar-refractivity contribution in [2.24, 2.45) is 5.92 Å². The summed E-state index contributed by atoms with van der Waals surface area (Å²) in [7, 11) is 1.97. The van der Waals surface area contributed by atoms with Crippen molar-refractivity contribution in [3.8, 4) is 0 Å². The summed E-state index contributed by atoms with van der Waals surface area (Å²) in [6, 6.07) is 8.43. The van der Waals surface area contributed by atoms with E-state index < -0.39 is 0 Å². The van der Waals surface area contributed by atoms with Crippen molar-refractivity contribution in [2.75, 3.05) is 18.1 Å². The largest absolute Gasteiger partial charge is 0.387 e. The van der Waals surface area contributed by atoms with Crippen LogP contribution in [0, 0.1) is 5.92 Å². The van der Waals surface area contributed by atoms with Gasteiger partial charge >= 0.3 is 0 Å². The SMILES string of the molecule is CNc1ccccc1SCC(C)C. The zero-order valence-electron chi connectivity index (χ0n) is 8.50. The van der Waals surface area contributed by atoms with Crippen LogP contribution in [0.15, 0.2) is 29.2 Å². The number of para-hydroxylation sites is 1. The molecule has 0 spiro atoms. The van der Waals surface area contributed by atoms with Gasteiger partial charge < -0.3 is 5.32 Å². The molecule has 72 valence electrons. The van der Waals surface area contributed by atoms with Gasteiger partial charge in [0.1, 0.15) is 0 Å². The van der Waals surface area contributed by atoms with Gasteiger partial charge in [-0.2, -0.15) is 0 Å². The van der Waals surface area contributed by atoms with Crippen LogP contribution in [0.5, 0.6) is 0 Å². The molecule has 0 aliphatic rings. The van der Waals surface area contributed by atoms with Gasteiger partial charge in [0.2, 0.25) is 0 Å². The highest BCUT2D eigenvalue weighted by molar-refractivity contribution is 7.99. The van der Waals surface area contributed by atoms with Crippen LogP contribution in [-0.4, -0.2) is 12.8 Å². The first-order valence-corrected chi connectivity index (χ1v) is 5.62. The highest BCUT2D eigenvalue weighted by atomic mass is 32.2. The van der Waals surface area contributed by atoms with Crippen molar-refractivity contribution in [3.63, 3.8) is 0 Å². The van der Waals surface area contributed by atoms with Crippen LogP contribution in [0.4, 0.5) is 5.69 Å². The molecule has 0 heterocycles. The summed E-state index contributed by atoms with van der Waals surface area (Å²) in [5, 5.41) is 3.20. The number of nitrogens with one attached hydrogen (secondary N) is 1. The van der Waals surface area contributed by atoms with Crippen LogP contribution in [0.1, 0.15) is 13.8 Å².